The third-order valence-electron chi connectivity index (χ3n) is 3.25. The van der Waals surface area contributed by atoms with Gasteiger partial charge in [-0.15, -0.1) is 10.2 Å². The summed E-state index contributed by atoms with van der Waals surface area (Å²) in [6, 6.07) is 0.345. The van der Waals surface area contributed by atoms with Gasteiger partial charge < -0.3 is 5.32 Å². The highest BCUT2D eigenvalue weighted by atomic mass is 32.1. The Kier molecular flexibility index (Phi) is 3.92. The van der Waals surface area contributed by atoms with Crippen molar-refractivity contribution in [2.24, 2.45) is 5.92 Å². The molecule has 1 heterocycles. The number of hydrogen-bond acceptors (Lipinski definition) is 4. The predicted molar refractivity (Wildman–Crippen MR) is 67.8 cm³/mol. The Morgan fingerprint density at radius 1 is 1.31 bits per heavy atom. The highest BCUT2D eigenvalue weighted by Gasteiger charge is 2.31. The molecule has 1 N–H and O–H groups in total. The number of aromatic nitrogens is 2. The largest absolute Gasteiger partial charge is 0.308 e. The van der Waals surface area contributed by atoms with E-state index in [0.717, 1.165) is 23.9 Å². The second kappa shape index (κ2) is 5.23. The molecule has 1 aromatic rings. The molecule has 3 nitrogen and oxygen atoms in total. The Hall–Kier alpha value is -0.480. The molecule has 1 aromatic heterocycles. The Bertz CT molecular complexity index is 333. The van der Waals surface area contributed by atoms with Crippen LogP contribution in [0.25, 0.3) is 0 Å². The maximum absolute atomic E-state index is 4.34. The summed E-state index contributed by atoms with van der Waals surface area (Å²) in [6.07, 6.45) is 3.91. The molecule has 90 valence electrons. The van der Waals surface area contributed by atoms with E-state index in [0.29, 0.717) is 12.0 Å². The van der Waals surface area contributed by atoms with Gasteiger partial charge in [0.15, 0.2) is 0 Å². The molecule has 0 spiro atoms. The Balaban J connectivity index is 1.95. The molecule has 0 saturated heterocycles. The van der Waals surface area contributed by atoms with Crippen LogP contribution in [-0.2, 0) is 0 Å². The van der Waals surface area contributed by atoms with Crippen LogP contribution in [-0.4, -0.2) is 16.7 Å². The number of nitrogens with zero attached hydrogens (tertiary/aromatic N) is 2. The summed E-state index contributed by atoms with van der Waals surface area (Å²) in [5.41, 5.74) is 0. The minimum Gasteiger partial charge on any atom is -0.308 e. The van der Waals surface area contributed by atoms with Gasteiger partial charge in [-0.1, -0.05) is 25.2 Å². The molecule has 0 aromatic carbocycles. The number of hydrogen-bond donors (Lipinski definition) is 1. The predicted octanol–water partition coefficient (Wildman–Crippen LogP) is 3.11. The maximum Gasteiger partial charge on any atom is 0.134 e. The van der Waals surface area contributed by atoms with E-state index < -0.39 is 0 Å². The molecule has 1 fully saturated rings. The third kappa shape index (κ3) is 2.80. The summed E-state index contributed by atoms with van der Waals surface area (Å²) in [6.45, 7) is 7.68. The lowest BCUT2D eigenvalue weighted by Gasteiger charge is -2.08. The molecule has 0 aliphatic heterocycles. The summed E-state index contributed by atoms with van der Waals surface area (Å²) in [5, 5.41) is 14.5. The van der Waals surface area contributed by atoms with Gasteiger partial charge in [0.25, 0.3) is 0 Å². The van der Waals surface area contributed by atoms with Gasteiger partial charge in [0.05, 0.1) is 6.04 Å². The van der Waals surface area contributed by atoms with Crippen LogP contribution in [0, 0.1) is 5.92 Å². The molecule has 0 bridgehead atoms. The quantitative estimate of drug-likeness (QED) is 0.829. The minimum absolute atomic E-state index is 0.345. The van der Waals surface area contributed by atoms with E-state index in [1.807, 2.05) is 0 Å². The fraction of sp³-hybridized carbons (Fsp3) is 0.833. The number of rotatable bonds is 6. The van der Waals surface area contributed by atoms with E-state index >= 15 is 0 Å². The van der Waals surface area contributed by atoms with Crippen LogP contribution in [0.1, 0.15) is 62.0 Å². The molecular formula is C12H21N3S. The van der Waals surface area contributed by atoms with Crippen molar-refractivity contribution in [2.45, 2.75) is 52.0 Å². The smallest absolute Gasteiger partial charge is 0.134 e. The maximum atomic E-state index is 4.34. The zero-order valence-electron chi connectivity index (χ0n) is 10.4. The molecule has 2 atom stereocenters. The lowest BCUT2D eigenvalue weighted by Crippen LogP contribution is -2.19. The topological polar surface area (TPSA) is 37.8 Å². The monoisotopic (exact) mass is 239 g/mol. The lowest BCUT2D eigenvalue weighted by molar-refractivity contribution is 0.563. The summed E-state index contributed by atoms with van der Waals surface area (Å²) >= 11 is 1.78. The molecule has 1 saturated carbocycles. The molecule has 2 unspecified atom stereocenters. The van der Waals surface area contributed by atoms with Gasteiger partial charge in [-0.2, -0.15) is 0 Å². The van der Waals surface area contributed by atoms with Crippen LogP contribution in [0.2, 0.25) is 0 Å². The Labute approximate surface area is 102 Å². The Morgan fingerprint density at radius 3 is 2.62 bits per heavy atom. The minimum atomic E-state index is 0.345. The van der Waals surface area contributed by atoms with Gasteiger partial charge in [0.2, 0.25) is 0 Å². The first-order valence-corrected chi connectivity index (χ1v) is 7.10. The number of nitrogens with one attached hydrogen (secondary N) is 1. The molecule has 0 amide bonds. The van der Waals surface area contributed by atoms with Crippen molar-refractivity contribution >= 4 is 11.3 Å². The molecule has 1 aliphatic rings. The average Bonchev–Trinajstić information content (AvgIpc) is 3.02. The van der Waals surface area contributed by atoms with Gasteiger partial charge in [-0.05, 0) is 38.6 Å². The van der Waals surface area contributed by atoms with Gasteiger partial charge in [0.1, 0.15) is 10.0 Å². The second-order valence-electron chi connectivity index (χ2n) is 4.78. The lowest BCUT2D eigenvalue weighted by atomic mass is 10.1. The first-order valence-electron chi connectivity index (χ1n) is 6.29. The van der Waals surface area contributed by atoms with Crippen molar-refractivity contribution in [1.82, 2.24) is 15.5 Å². The van der Waals surface area contributed by atoms with Crippen LogP contribution in [0.4, 0.5) is 0 Å². The van der Waals surface area contributed by atoms with Crippen LogP contribution in [0.5, 0.6) is 0 Å². The zero-order valence-corrected chi connectivity index (χ0v) is 11.2. The normalized spacial score (nSPS) is 19.7. The summed E-state index contributed by atoms with van der Waals surface area (Å²) in [4.78, 5) is 0. The van der Waals surface area contributed by atoms with Gasteiger partial charge in [-0.25, -0.2) is 0 Å². The summed E-state index contributed by atoms with van der Waals surface area (Å²) in [5.74, 6) is 1.49. The van der Waals surface area contributed by atoms with Crippen LogP contribution in [0.3, 0.4) is 0 Å². The van der Waals surface area contributed by atoms with E-state index in [-0.39, 0.29) is 0 Å². The molecule has 2 rings (SSSR count). The van der Waals surface area contributed by atoms with Crippen LogP contribution in [0.15, 0.2) is 0 Å². The standard InChI is InChI=1S/C12H21N3S/c1-4-7-13-9(3)12-15-14-11(16-12)8(2)10-5-6-10/h8-10,13H,4-7H2,1-3H3. The van der Waals surface area contributed by atoms with Crippen LogP contribution >= 0.6 is 11.3 Å². The highest BCUT2D eigenvalue weighted by molar-refractivity contribution is 7.11. The molecule has 4 heteroatoms. The molecule has 1 aliphatic carbocycles. The van der Waals surface area contributed by atoms with Gasteiger partial charge in [0, 0.05) is 5.92 Å². The van der Waals surface area contributed by atoms with Crippen molar-refractivity contribution in [3.05, 3.63) is 10.0 Å². The van der Waals surface area contributed by atoms with E-state index in [2.05, 4.69) is 36.3 Å². The van der Waals surface area contributed by atoms with Crippen molar-refractivity contribution in [3.63, 3.8) is 0 Å². The van der Waals surface area contributed by atoms with E-state index in [1.54, 1.807) is 11.3 Å². The van der Waals surface area contributed by atoms with Crippen molar-refractivity contribution < 1.29 is 0 Å². The second-order valence-corrected chi connectivity index (χ2v) is 5.82. The summed E-state index contributed by atoms with van der Waals surface area (Å²) in [7, 11) is 0. The first-order chi connectivity index (χ1) is 7.72. The van der Waals surface area contributed by atoms with E-state index in [1.165, 1.54) is 17.8 Å². The van der Waals surface area contributed by atoms with E-state index in [4.69, 9.17) is 0 Å². The third-order valence-corrected chi connectivity index (χ3v) is 4.55. The highest BCUT2D eigenvalue weighted by Crippen LogP contribution is 2.43. The SMILES string of the molecule is CCCNC(C)c1nnc(C(C)C2CC2)s1. The summed E-state index contributed by atoms with van der Waals surface area (Å²) < 4.78 is 0. The Morgan fingerprint density at radius 2 is 2.00 bits per heavy atom. The first kappa shape index (κ1) is 12.0. The van der Waals surface area contributed by atoms with Crippen molar-refractivity contribution in [1.29, 1.82) is 0 Å². The molecule has 16 heavy (non-hydrogen) atoms. The van der Waals surface area contributed by atoms with Gasteiger partial charge in [-0.3, -0.25) is 0 Å². The zero-order chi connectivity index (χ0) is 11.5. The van der Waals surface area contributed by atoms with Gasteiger partial charge >= 0.3 is 0 Å². The van der Waals surface area contributed by atoms with E-state index in [9.17, 15) is 0 Å². The van der Waals surface area contributed by atoms with Crippen LogP contribution < -0.4 is 5.32 Å². The molecule has 0 radical (unpaired) electrons. The average molecular weight is 239 g/mol. The fourth-order valence-corrected chi connectivity index (χ4v) is 2.87. The van der Waals surface area contributed by atoms with Crippen molar-refractivity contribution in [2.75, 3.05) is 6.54 Å². The van der Waals surface area contributed by atoms with Crippen molar-refractivity contribution in [3.8, 4) is 0 Å². The fourth-order valence-electron chi connectivity index (χ4n) is 1.85. The molecular weight excluding hydrogens is 218 g/mol.